The van der Waals surface area contributed by atoms with Gasteiger partial charge in [-0.25, -0.2) is 0 Å². The summed E-state index contributed by atoms with van der Waals surface area (Å²) >= 11 is 0. The lowest BCUT2D eigenvalue weighted by Gasteiger charge is -2.42. The topological polar surface area (TPSA) is 98.8 Å². The molecule has 9 nitrogen and oxygen atoms in total. The fraction of sp³-hybridized carbons (Fsp3) is 0.929. The highest BCUT2D eigenvalue weighted by Crippen LogP contribution is 2.48. The van der Waals surface area contributed by atoms with Crippen LogP contribution in [0.4, 0.5) is 0 Å². The summed E-state index contributed by atoms with van der Waals surface area (Å²) in [4.78, 5) is 24.0. The van der Waals surface area contributed by atoms with Crippen LogP contribution in [0.3, 0.4) is 0 Å². The summed E-state index contributed by atoms with van der Waals surface area (Å²) in [6.45, 7) is 20.9. The molecule has 0 radical (unpaired) electrons. The monoisotopic (exact) mass is 530 g/mol. The second kappa shape index (κ2) is 12.0. The minimum atomic E-state index is -0.857. The average Bonchev–Trinajstić information content (AvgIpc) is 3.18. The van der Waals surface area contributed by atoms with E-state index in [4.69, 9.17) is 33.2 Å². The lowest BCUT2D eigenvalue weighted by atomic mass is 9.75. The van der Waals surface area contributed by atoms with Crippen molar-refractivity contribution >= 4 is 12.3 Å². The molecule has 9 atom stereocenters. The van der Waals surface area contributed by atoms with Gasteiger partial charge in [-0.3, -0.25) is 4.79 Å². The first-order valence-electron chi connectivity index (χ1n) is 13.4. The molecule has 0 N–H and O–H groups in total. The van der Waals surface area contributed by atoms with Gasteiger partial charge in [-0.2, -0.15) is 0 Å². The predicted octanol–water partition coefficient (Wildman–Crippen LogP) is 4.63. The number of carbonyl (C=O) groups excluding carboxylic acids is 2. The molecule has 0 spiro atoms. The molecule has 9 unspecified atom stereocenters. The van der Waals surface area contributed by atoms with E-state index in [-0.39, 0.29) is 36.6 Å². The fourth-order valence-electron chi connectivity index (χ4n) is 6.58. The third-order valence-corrected chi connectivity index (χ3v) is 7.61. The Labute approximate surface area is 223 Å². The van der Waals surface area contributed by atoms with Crippen LogP contribution in [0.5, 0.6) is 0 Å². The molecule has 0 aliphatic carbocycles. The predicted molar refractivity (Wildman–Crippen MR) is 138 cm³/mol. The Morgan fingerprint density at radius 3 is 2.05 bits per heavy atom. The first-order valence-corrected chi connectivity index (χ1v) is 13.4. The number of esters is 1. The second-order valence-corrected chi connectivity index (χ2v) is 12.2. The van der Waals surface area contributed by atoms with Crippen LogP contribution >= 0.6 is 0 Å². The summed E-state index contributed by atoms with van der Waals surface area (Å²) in [7, 11) is 1.58. The van der Waals surface area contributed by atoms with Gasteiger partial charge < -0.3 is 38.0 Å². The van der Waals surface area contributed by atoms with Crippen LogP contribution in [-0.4, -0.2) is 73.4 Å². The van der Waals surface area contributed by atoms with Crippen molar-refractivity contribution < 1.29 is 42.7 Å². The Balaban J connectivity index is 2.40. The molecule has 2 fully saturated rings. The lowest BCUT2D eigenvalue weighted by molar-refractivity contribution is -0.201. The van der Waals surface area contributed by atoms with Crippen molar-refractivity contribution in [2.45, 2.75) is 136 Å². The summed E-state index contributed by atoms with van der Waals surface area (Å²) in [5.74, 6) is -2.84. The van der Waals surface area contributed by atoms with E-state index < -0.39 is 41.1 Å². The zero-order valence-electron chi connectivity index (χ0n) is 24.9. The maximum Gasteiger partial charge on any atom is 0.302 e. The standard InChI is InChI=1S/C28H50O9/c1-13-21(32-16-31-12)28(11)24(35-26(8,9)37-28)19(4)22(33-20(5)30)17(2)14-27(10)23(18(3)15-29)34-25(6,7)36-27/h15,17-19,21-24H,13-14,16H2,1-12H3. The second-order valence-electron chi connectivity index (χ2n) is 12.2. The van der Waals surface area contributed by atoms with Crippen molar-refractivity contribution in [1.82, 2.24) is 0 Å². The van der Waals surface area contributed by atoms with Crippen LogP contribution in [0.25, 0.3) is 0 Å². The average molecular weight is 531 g/mol. The van der Waals surface area contributed by atoms with Gasteiger partial charge in [0.1, 0.15) is 24.8 Å². The van der Waals surface area contributed by atoms with Crippen molar-refractivity contribution in [3.8, 4) is 0 Å². The van der Waals surface area contributed by atoms with E-state index in [0.717, 1.165) is 6.29 Å². The maximum atomic E-state index is 12.3. The number of methoxy groups -OCH3 is 1. The first kappa shape index (κ1) is 32.1. The van der Waals surface area contributed by atoms with Crippen LogP contribution in [0.2, 0.25) is 0 Å². The van der Waals surface area contributed by atoms with Gasteiger partial charge in [-0.05, 0) is 60.3 Å². The van der Waals surface area contributed by atoms with Crippen LogP contribution in [0.15, 0.2) is 0 Å². The summed E-state index contributed by atoms with van der Waals surface area (Å²) < 4.78 is 42.6. The van der Waals surface area contributed by atoms with Crippen molar-refractivity contribution in [1.29, 1.82) is 0 Å². The summed E-state index contributed by atoms with van der Waals surface area (Å²) in [6.07, 6.45) is 0.385. The Kier molecular flexibility index (Phi) is 10.4. The molecule has 216 valence electrons. The van der Waals surface area contributed by atoms with Gasteiger partial charge in [0.05, 0.1) is 23.9 Å². The van der Waals surface area contributed by atoms with Crippen molar-refractivity contribution in [2.24, 2.45) is 17.8 Å². The van der Waals surface area contributed by atoms with Crippen LogP contribution < -0.4 is 0 Å². The van der Waals surface area contributed by atoms with Gasteiger partial charge in [0.25, 0.3) is 0 Å². The lowest BCUT2D eigenvalue weighted by Crippen LogP contribution is -2.55. The summed E-state index contributed by atoms with van der Waals surface area (Å²) in [6, 6.07) is 0. The van der Waals surface area contributed by atoms with Gasteiger partial charge in [-0.1, -0.05) is 27.7 Å². The zero-order chi connectivity index (χ0) is 28.4. The Morgan fingerprint density at radius 2 is 1.54 bits per heavy atom. The van der Waals surface area contributed by atoms with E-state index in [1.807, 2.05) is 69.2 Å². The van der Waals surface area contributed by atoms with E-state index in [2.05, 4.69) is 0 Å². The largest absolute Gasteiger partial charge is 0.462 e. The van der Waals surface area contributed by atoms with Gasteiger partial charge in [-0.15, -0.1) is 0 Å². The van der Waals surface area contributed by atoms with E-state index in [1.165, 1.54) is 6.92 Å². The molecule has 37 heavy (non-hydrogen) atoms. The minimum Gasteiger partial charge on any atom is -0.462 e. The highest BCUT2D eigenvalue weighted by molar-refractivity contribution is 5.66. The molecular weight excluding hydrogens is 480 g/mol. The zero-order valence-corrected chi connectivity index (χ0v) is 24.9. The SMILES string of the molecule is CCC(OCOC)C1(C)OC(C)(C)OC1C(C)C(OC(C)=O)C(C)CC1(C)OC(C)(C)OC1C(C)C=O. The third kappa shape index (κ3) is 7.31. The highest BCUT2D eigenvalue weighted by Gasteiger charge is 2.59. The van der Waals surface area contributed by atoms with E-state index in [1.54, 1.807) is 7.11 Å². The first-order chi connectivity index (χ1) is 16.9. The van der Waals surface area contributed by atoms with Crippen molar-refractivity contribution in [3.63, 3.8) is 0 Å². The number of hydrogen-bond acceptors (Lipinski definition) is 9. The Morgan fingerprint density at radius 1 is 0.973 bits per heavy atom. The molecular formula is C28H50O9. The fourth-order valence-corrected chi connectivity index (χ4v) is 6.58. The number of ether oxygens (including phenoxy) is 7. The summed E-state index contributed by atoms with van der Waals surface area (Å²) in [5.41, 5.74) is -1.58. The molecule has 2 rings (SSSR count). The molecule has 0 saturated carbocycles. The van der Waals surface area contributed by atoms with Gasteiger partial charge >= 0.3 is 5.97 Å². The van der Waals surface area contributed by atoms with E-state index in [0.29, 0.717) is 12.8 Å². The molecule has 2 aliphatic heterocycles. The number of hydrogen-bond donors (Lipinski definition) is 0. The van der Waals surface area contributed by atoms with Crippen molar-refractivity contribution in [3.05, 3.63) is 0 Å². The van der Waals surface area contributed by atoms with Crippen LogP contribution in [0, 0.1) is 17.8 Å². The summed E-state index contributed by atoms with van der Waals surface area (Å²) in [5, 5.41) is 0. The molecule has 0 aromatic heterocycles. The van der Waals surface area contributed by atoms with Gasteiger partial charge in [0, 0.05) is 25.9 Å². The molecule has 0 aromatic carbocycles. The smallest absolute Gasteiger partial charge is 0.302 e. The van der Waals surface area contributed by atoms with Crippen LogP contribution in [-0.2, 0) is 42.7 Å². The molecule has 9 heteroatoms. The quantitative estimate of drug-likeness (QED) is 0.192. The molecule has 0 aromatic rings. The number of aldehydes is 1. The van der Waals surface area contributed by atoms with Crippen LogP contribution in [0.1, 0.15) is 89.0 Å². The molecule has 2 saturated heterocycles. The highest BCUT2D eigenvalue weighted by atomic mass is 16.8. The number of carbonyl (C=O) groups is 2. The Hall–Kier alpha value is -1.10. The molecule has 2 heterocycles. The van der Waals surface area contributed by atoms with Crippen molar-refractivity contribution in [2.75, 3.05) is 13.9 Å². The normalized spacial score (nSPS) is 34.9. The number of rotatable bonds is 13. The van der Waals surface area contributed by atoms with Gasteiger partial charge in [0.15, 0.2) is 11.6 Å². The maximum absolute atomic E-state index is 12.3. The molecule has 0 amide bonds. The molecule has 2 aliphatic rings. The van der Waals surface area contributed by atoms with Gasteiger partial charge in [0.2, 0.25) is 0 Å². The minimum absolute atomic E-state index is 0.130. The van der Waals surface area contributed by atoms with E-state index >= 15 is 0 Å². The van der Waals surface area contributed by atoms with E-state index in [9.17, 15) is 9.59 Å². The third-order valence-electron chi connectivity index (χ3n) is 7.61. The Bertz CT molecular complexity index is 784. The molecule has 0 bridgehead atoms.